The summed E-state index contributed by atoms with van der Waals surface area (Å²) in [6, 6.07) is 21.7. The molecule has 1 aliphatic rings. The fourth-order valence-electron chi connectivity index (χ4n) is 4.12. The summed E-state index contributed by atoms with van der Waals surface area (Å²) >= 11 is 0. The first-order valence-corrected chi connectivity index (χ1v) is 10.1. The number of aromatic amines is 1. The molecule has 2 N–H and O–H groups in total. The minimum Gasteiger partial charge on any atom is -0.508 e. The Morgan fingerprint density at radius 2 is 1.67 bits per heavy atom. The number of oxazole rings is 1. The number of hydrogen-bond acceptors (Lipinski definition) is 5. The molecular weight excluding hydrogens is 378 g/mol. The van der Waals surface area contributed by atoms with E-state index in [0.717, 1.165) is 55.1 Å². The fourth-order valence-corrected chi connectivity index (χ4v) is 4.12. The number of hydrogen-bond donors (Lipinski definition) is 2. The van der Waals surface area contributed by atoms with Crippen LogP contribution in [0.25, 0.3) is 22.2 Å². The van der Waals surface area contributed by atoms with Crippen molar-refractivity contribution in [1.29, 1.82) is 0 Å². The maximum Gasteiger partial charge on any atom is 0.417 e. The molecule has 6 heteroatoms. The smallest absolute Gasteiger partial charge is 0.417 e. The van der Waals surface area contributed by atoms with Crippen LogP contribution < -0.4 is 10.7 Å². The van der Waals surface area contributed by atoms with Gasteiger partial charge in [0.25, 0.3) is 0 Å². The van der Waals surface area contributed by atoms with Crippen LogP contribution in [0.5, 0.6) is 5.75 Å². The number of aromatic hydroxyl groups is 1. The maximum absolute atomic E-state index is 11.6. The molecule has 1 fully saturated rings. The van der Waals surface area contributed by atoms with Gasteiger partial charge in [-0.3, -0.25) is 9.88 Å². The lowest BCUT2D eigenvalue weighted by Gasteiger charge is -2.36. The first-order valence-electron chi connectivity index (χ1n) is 10.1. The van der Waals surface area contributed by atoms with Crippen molar-refractivity contribution in [3.63, 3.8) is 0 Å². The molecule has 30 heavy (non-hydrogen) atoms. The molecule has 6 nitrogen and oxygen atoms in total. The van der Waals surface area contributed by atoms with Crippen LogP contribution in [-0.2, 0) is 6.54 Å². The number of benzene rings is 3. The second-order valence-corrected chi connectivity index (χ2v) is 7.68. The van der Waals surface area contributed by atoms with Gasteiger partial charge in [-0.15, -0.1) is 0 Å². The van der Waals surface area contributed by atoms with Crippen LogP contribution in [0.1, 0.15) is 5.56 Å². The van der Waals surface area contributed by atoms with Gasteiger partial charge in [0.05, 0.1) is 11.2 Å². The molecule has 3 aromatic carbocycles. The number of aromatic nitrogens is 1. The molecule has 1 saturated heterocycles. The number of phenolic OH excluding ortho intramolecular Hbond substituents is 1. The van der Waals surface area contributed by atoms with Crippen LogP contribution in [0.15, 0.2) is 75.9 Å². The molecule has 2 heterocycles. The average Bonchev–Trinajstić information content (AvgIpc) is 3.15. The number of rotatable bonds is 4. The zero-order chi connectivity index (χ0) is 20.5. The van der Waals surface area contributed by atoms with E-state index in [1.165, 1.54) is 5.56 Å². The van der Waals surface area contributed by atoms with E-state index in [-0.39, 0.29) is 5.75 Å². The van der Waals surface area contributed by atoms with Gasteiger partial charge in [0.15, 0.2) is 5.58 Å². The van der Waals surface area contributed by atoms with Crippen LogP contribution in [-0.4, -0.2) is 41.2 Å². The molecule has 4 aromatic rings. The quantitative estimate of drug-likeness (QED) is 0.544. The maximum atomic E-state index is 11.6. The Morgan fingerprint density at radius 1 is 0.900 bits per heavy atom. The SMILES string of the molecule is O=c1[nH]c2cccc(N3CCN(Cc4cccc(-c5ccc(O)cc5)c4)CC3)c2o1. The summed E-state index contributed by atoms with van der Waals surface area (Å²) in [5.41, 5.74) is 5.87. The standard InChI is InChI=1S/C24H23N3O3/c28-20-9-7-18(8-10-20)19-4-1-3-17(15-19)16-26-11-13-27(14-12-26)22-6-2-5-21-23(22)30-24(29)25-21/h1-10,15,28H,11-14,16H2,(H,25,29). The molecule has 152 valence electrons. The minimum atomic E-state index is -0.412. The third-order valence-corrected chi connectivity index (χ3v) is 5.67. The lowest BCUT2D eigenvalue weighted by molar-refractivity contribution is 0.250. The van der Waals surface area contributed by atoms with Crippen LogP contribution in [0, 0.1) is 0 Å². The van der Waals surface area contributed by atoms with Crippen LogP contribution in [0.2, 0.25) is 0 Å². The monoisotopic (exact) mass is 401 g/mol. The molecule has 0 saturated carbocycles. The molecule has 0 unspecified atom stereocenters. The number of nitrogens with one attached hydrogen (secondary N) is 1. The van der Waals surface area contributed by atoms with Gasteiger partial charge in [0.2, 0.25) is 0 Å². The Balaban J connectivity index is 1.27. The Morgan fingerprint density at radius 3 is 2.47 bits per heavy atom. The van der Waals surface area contributed by atoms with E-state index in [1.807, 2.05) is 30.3 Å². The summed E-state index contributed by atoms with van der Waals surface area (Å²) in [5.74, 6) is -0.132. The van der Waals surface area contributed by atoms with Crippen LogP contribution in [0.4, 0.5) is 5.69 Å². The van der Waals surface area contributed by atoms with E-state index >= 15 is 0 Å². The lowest BCUT2D eigenvalue weighted by atomic mass is 10.0. The van der Waals surface area contributed by atoms with Gasteiger partial charge in [0.1, 0.15) is 5.75 Å². The summed E-state index contributed by atoms with van der Waals surface area (Å²) in [6.45, 7) is 4.53. The lowest BCUT2D eigenvalue weighted by Crippen LogP contribution is -2.46. The normalized spacial score (nSPS) is 15.0. The number of anilines is 1. The van der Waals surface area contributed by atoms with Crippen molar-refractivity contribution < 1.29 is 9.52 Å². The Bertz CT molecular complexity index is 1220. The number of H-pyrrole nitrogens is 1. The number of piperazine rings is 1. The van der Waals surface area contributed by atoms with Gasteiger partial charge < -0.3 is 14.4 Å². The molecular formula is C24H23N3O3. The molecule has 0 aliphatic carbocycles. The highest BCUT2D eigenvalue weighted by molar-refractivity contribution is 5.86. The highest BCUT2D eigenvalue weighted by atomic mass is 16.4. The first kappa shape index (κ1) is 18.5. The Kier molecular flexibility index (Phi) is 4.77. The second kappa shape index (κ2) is 7.72. The predicted octanol–water partition coefficient (Wildman–Crippen LogP) is 3.82. The van der Waals surface area contributed by atoms with Crippen molar-refractivity contribution in [2.24, 2.45) is 0 Å². The van der Waals surface area contributed by atoms with E-state index in [1.54, 1.807) is 12.1 Å². The van der Waals surface area contributed by atoms with E-state index in [0.29, 0.717) is 5.58 Å². The fraction of sp³-hybridized carbons (Fsp3) is 0.208. The van der Waals surface area contributed by atoms with Gasteiger partial charge in [-0.25, -0.2) is 4.79 Å². The molecule has 0 amide bonds. The number of nitrogens with zero attached hydrogens (tertiary/aromatic N) is 2. The Labute approximate surface area is 174 Å². The molecule has 0 spiro atoms. The van der Waals surface area contributed by atoms with E-state index in [4.69, 9.17) is 4.42 Å². The van der Waals surface area contributed by atoms with Gasteiger partial charge in [0, 0.05) is 32.7 Å². The summed E-state index contributed by atoms with van der Waals surface area (Å²) in [5, 5.41) is 9.50. The number of para-hydroxylation sites is 1. The van der Waals surface area contributed by atoms with Crippen LogP contribution in [0.3, 0.4) is 0 Å². The largest absolute Gasteiger partial charge is 0.508 e. The van der Waals surface area contributed by atoms with E-state index in [2.05, 4.69) is 39.0 Å². The van der Waals surface area contributed by atoms with Gasteiger partial charge in [-0.2, -0.15) is 0 Å². The summed E-state index contributed by atoms with van der Waals surface area (Å²) in [4.78, 5) is 19.0. The summed E-state index contributed by atoms with van der Waals surface area (Å²) in [6.07, 6.45) is 0. The highest BCUT2D eigenvalue weighted by Gasteiger charge is 2.20. The topological polar surface area (TPSA) is 72.7 Å². The number of fused-ring (bicyclic) bond motifs is 1. The molecule has 5 rings (SSSR count). The highest BCUT2D eigenvalue weighted by Crippen LogP contribution is 2.27. The van der Waals surface area contributed by atoms with Crippen molar-refractivity contribution in [3.05, 3.63) is 82.8 Å². The van der Waals surface area contributed by atoms with Crippen molar-refractivity contribution in [2.45, 2.75) is 6.54 Å². The molecule has 0 radical (unpaired) electrons. The molecule has 0 bridgehead atoms. The third-order valence-electron chi connectivity index (χ3n) is 5.67. The zero-order valence-corrected chi connectivity index (χ0v) is 16.5. The zero-order valence-electron chi connectivity index (χ0n) is 16.5. The Hall–Kier alpha value is -3.51. The first-order chi connectivity index (χ1) is 14.7. The molecule has 1 aromatic heterocycles. The van der Waals surface area contributed by atoms with Crippen molar-refractivity contribution in [3.8, 4) is 16.9 Å². The van der Waals surface area contributed by atoms with Crippen molar-refractivity contribution in [2.75, 3.05) is 31.1 Å². The second-order valence-electron chi connectivity index (χ2n) is 7.68. The van der Waals surface area contributed by atoms with Crippen molar-refractivity contribution in [1.82, 2.24) is 9.88 Å². The third kappa shape index (κ3) is 3.69. The van der Waals surface area contributed by atoms with Gasteiger partial charge >= 0.3 is 5.76 Å². The summed E-state index contributed by atoms with van der Waals surface area (Å²) < 4.78 is 5.36. The van der Waals surface area contributed by atoms with Crippen LogP contribution >= 0.6 is 0 Å². The number of phenols is 1. The minimum absolute atomic E-state index is 0.280. The van der Waals surface area contributed by atoms with E-state index < -0.39 is 5.76 Å². The van der Waals surface area contributed by atoms with E-state index in [9.17, 15) is 9.90 Å². The van der Waals surface area contributed by atoms with Crippen molar-refractivity contribution >= 4 is 16.8 Å². The summed E-state index contributed by atoms with van der Waals surface area (Å²) in [7, 11) is 0. The van der Waals surface area contributed by atoms with Gasteiger partial charge in [-0.1, -0.05) is 36.4 Å². The molecule has 0 atom stereocenters. The predicted molar refractivity (Wildman–Crippen MR) is 118 cm³/mol. The average molecular weight is 401 g/mol. The van der Waals surface area contributed by atoms with Gasteiger partial charge in [-0.05, 0) is 47.0 Å². The molecule has 1 aliphatic heterocycles.